The molecular formula is C22H22Cl2N4O2. The molecule has 0 bridgehead atoms. The monoisotopic (exact) mass is 444 g/mol. The highest BCUT2D eigenvalue weighted by Crippen LogP contribution is 2.29. The zero-order chi connectivity index (χ0) is 21.8. The maximum atomic E-state index is 13.2. The number of nitrogens with one attached hydrogen (secondary N) is 1. The normalized spacial score (nSPS) is 10.7. The van der Waals surface area contributed by atoms with Crippen LogP contribution in [0.3, 0.4) is 0 Å². The summed E-state index contributed by atoms with van der Waals surface area (Å²) in [7, 11) is 0. The molecule has 0 saturated heterocycles. The van der Waals surface area contributed by atoms with E-state index in [-0.39, 0.29) is 18.4 Å². The Morgan fingerprint density at radius 2 is 1.67 bits per heavy atom. The summed E-state index contributed by atoms with van der Waals surface area (Å²) in [6.45, 7) is 5.68. The molecule has 2 amide bonds. The van der Waals surface area contributed by atoms with Gasteiger partial charge in [0.05, 0.1) is 38.4 Å². The summed E-state index contributed by atoms with van der Waals surface area (Å²) in [4.78, 5) is 27.3. The van der Waals surface area contributed by atoms with Crippen molar-refractivity contribution in [2.75, 3.05) is 18.4 Å². The molecule has 30 heavy (non-hydrogen) atoms. The molecule has 1 N–H and O–H groups in total. The molecule has 0 saturated carbocycles. The van der Waals surface area contributed by atoms with E-state index >= 15 is 0 Å². The van der Waals surface area contributed by atoms with Gasteiger partial charge in [0.2, 0.25) is 5.91 Å². The Balaban J connectivity index is 1.81. The highest BCUT2D eigenvalue weighted by Gasteiger charge is 2.25. The van der Waals surface area contributed by atoms with Crippen LogP contribution in [0.25, 0.3) is 5.69 Å². The van der Waals surface area contributed by atoms with Crippen LogP contribution in [0.15, 0.2) is 48.5 Å². The van der Waals surface area contributed by atoms with Crippen LogP contribution >= 0.6 is 23.2 Å². The first-order valence-corrected chi connectivity index (χ1v) is 10.2. The quantitative estimate of drug-likeness (QED) is 0.587. The van der Waals surface area contributed by atoms with Gasteiger partial charge in [-0.2, -0.15) is 5.10 Å². The smallest absolute Gasteiger partial charge is 0.258 e. The number of rotatable bonds is 6. The molecule has 6 nitrogen and oxygen atoms in total. The lowest BCUT2D eigenvalue weighted by molar-refractivity contribution is -0.116. The van der Waals surface area contributed by atoms with Gasteiger partial charge in [-0.15, -0.1) is 0 Å². The summed E-state index contributed by atoms with van der Waals surface area (Å²) in [5.41, 5.74) is 3.01. The minimum atomic E-state index is -0.383. The van der Waals surface area contributed by atoms with Crippen LogP contribution in [-0.2, 0) is 4.79 Å². The van der Waals surface area contributed by atoms with Gasteiger partial charge < -0.3 is 10.2 Å². The van der Waals surface area contributed by atoms with Crippen LogP contribution in [0.4, 0.5) is 5.69 Å². The predicted molar refractivity (Wildman–Crippen MR) is 120 cm³/mol. The van der Waals surface area contributed by atoms with Crippen molar-refractivity contribution >= 4 is 40.7 Å². The molecule has 0 aliphatic rings. The van der Waals surface area contributed by atoms with E-state index in [1.165, 1.54) is 4.90 Å². The van der Waals surface area contributed by atoms with Gasteiger partial charge in [0, 0.05) is 6.54 Å². The molecule has 156 valence electrons. The average Bonchev–Trinajstić information content (AvgIpc) is 3.03. The SMILES string of the molecule is CCN(CC(=O)Nc1c(Cl)cccc1Cl)C(=O)c1c(C)nn(-c2ccccc2)c1C. The summed E-state index contributed by atoms with van der Waals surface area (Å²) in [5.74, 6) is -0.638. The Hall–Kier alpha value is -2.83. The number of benzene rings is 2. The molecule has 3 rings (SSSR count). The number of aromatic nitrogens is 2. The highest BCUT2D eigenvalue weighted by atomic mass is 35.5. The van der Waals surface area contributed by atoms with Crippen molar-refractivity contribution in [1.29, 1.82) is 0 Å². The second-order valence-electron chi connectivity index (χ2n) is 6.76. The molecule has 8 heteroatoms. The lowest BCUT2D eigenvalue weighted by Gasteiger charge is -2.21. The van der Waals surface area contributed by atoms with Crippen molar-refractivity contribution in [3.8, 4) is 5.69 Å². The minimum Gasteiger partial charge on any atom is -0.329 e. The fourth-order valence-corrected chi connectivity index (χ4v) is 3.72. The highest BCUT2D eigenvalue weighted by molar-refractivity contribution is 6.39. The van der Waals surface area contributed by atoms with E-state index in [9.17, 15) is 9.59 Å². The van der Waals surface area contributed by atoms with Crippen LogP contribution in [0.1, 0.15) is 28.7 Å². The summed E-state index contributed by atoms with van der Waals surface area (Å²) in [6.07, 6.45) is 0. The second-order valence-corrected chi connectivity index (χ2v) is 7.57. The van der Waals surface area contributed by atoms with E-state index in [4.69, 9.17) is 23.2 Å². The summed E-state index contributed by atoms with van der Waals surface area (Å²) in [6, 6.07) is 14.6. The summed E-state index contributed by atoms with van der Waals surface area (Å²) in [5, 5.41) is 7.88. The molecule has 0 fully saturated rings. The Morgan fingerprint density at radius 3 is 2.27 bits per heavy atom. The van der Waals surface area contributed by atoms with Gasteiger partial charge >= 0.3 is 0 Å². The molecule has 0 radical (unpaired) electrons. The number of hydrogen-bond acceptors (Lipinski definition) is 3. The van der Waals surface area contributed by atoms with E-state index in [2.05, 4.69) is 10.4 Å². The van der Waals surface area contributed by atoms with Gasteiger partial charge in [-0.3, -0.25) is 9.59 Å². The number of hydrogen-bond donors (Lipinski definition) is 1. The number of carbonyl (C=O) groups excluding carboxylic acids is 2. The Labute approximate surface area is 185 Å². The minimum absolute atomic E-state index is 0.133. The molecule has 1 heterocycles. The Kier molecular flexibility index (Phi) is 6.80. The van der Waals surface area contributed by atoms with E-state index < -0.39 is 0 Å². The number of nitrogens with zero attached hydrogens (tertiary/aromatic N) is 3. The number of halogens is 2. The topological polar surface area (TPSA) is 67.2 Å². The van der Waals surface area contributed by atoms with Gasteiger partial charge in [0.25, 0.3) is 5.91 Å². The molecule has 0 aliphatic carbocycles. The van der Waals surface area contributed by atoms with Gasteiger partial charge in [-0.1, -0.05) is 47.5 Å². The Morgan fingerprint density at radius 1 is 1.03 bits per heavy atom. The van der Waals surface area contributed by atoms with Gasteiger partial charge in [-0.05, 0) is 45.0 Å². The van der Waals surface area contributed by atoms with E-state index in [0.717, 1.165) is 11.4 Å². The summed E-state index contributed by atoms with van der Waals surface area (Å²) >= 11 is 12.2. The maximum absolute atomic E-state index is 13.2. The molecule has 0 aliphatic heterocycles. The number of para-hydroxylation sites is 2. The van der Waals surface area contributed by atoms with E-state index in [1.807, 2.05) is 44.2 Å². The van der Waals surface area contributed by atoms with Crippen molar-refractivity contribution in [1.82, 2.24) is 14.7 Å². The van der Waals surface area contributed by atoms with Gasteiger partial charge in [0.15, 0.2) is 0 Å². The largest absolute Gasteiger partial charge is 0.329 e. The number of anilines is 1. The van der Waals surface area contributed by atoms with Crippen LogP contribution in [0, 0.1) is 13.8 Å². The Bertz CT molecular complexity index is 1060. The molecule has 1 aromatic heterocycles. The fourth-order valence-electron chi connectivity index (χ4n) is 3.23. The third-order valence-corrected chi connectivity index (χ3v) is 5.37. The third kappa shape index (κ3) is 4.50. The maximum Gasteiger partial charge on any atom is 0.258 e. The standard InChI is InChI=1S/C22H22Cl2N4O2/c1-4-27(13-19(29)25-21-17(23)11-8-12-18(21)24)22(30)20-14(2)26-28(15(20)3)16-9-6-5-7-10-16/h5-12H,4,13H2,1-3H3,(H,25,29). The molecular weight excluding hydrogens is 423 g/mol. The van der Waals surface area contributed by atoms with Crippen LogP contribution in [-0.4, -0.2) is 39.6 Å². The molecule has 0 unspecified atom stereocenters. The van der Waals surface area contributed by atoms with E-state index in [0.29, 0.717) is 33.5 Å². The van der Waals surface area contributed by atoms with Crippen molar-refractivity contribution in [3.05, 3.63) is 75.5 Å². The number of likely N-dealkylation sites (N-methyl/N-ethyl adjacent to an activating group) is 1. The summed E-state index contributed by atoms with van der Waals surface area (Å²) < 4.78 is 1.74. The molecule has 3 aromatic rings. The molecule has 2 aromatic carbocycles. The van der Waals surface area contributed by atoms with Crippen LogP contribution in [0.5, 0.6) is 0 Å². The average molecular weight is 445 g/mol. The van der Waals surface area contributed by atoms with Crippen LogP contribution in [0.2, 0.25) is 10.0 Å². The number of amides is 2. The van der Waals surface area contributed by atoms with Crippen LogP contribution < -0.4 is 5.32 Å². The van der Waals surface area contributed by atoms with Crippen molar-refractivity contribution in [3.63, 3.8) is 0 Å². The first-order chi connectivity index (χ1) is 14.3. The zero-order valence-corrected chi connectivity index (χ0v) is 18.5. The fraction of sp³-hybridized carbons (Fsp3) is 0.227. The van der Waals surface area contributed by atoms with Gasteiger partial charge in [-0.25, -0.2) is 4.68 Å². The molecule has 0 spiro atoms. The molecule has 0 atom stereocenters. The predicted octanol–water partition coefficient (Wildman–Crippen LogP) is 4.90. The van der Waals surface area contributed by atoms with Crippen molar-refractivity contribution in [2.45, 2.75) is 20.8 Å². The van der Waals surface area contributed by atoms with Gasteiger partial charge in [0.1, 0.15) is 6.54 Å². The number of carbonyl (C=O) groups is 2. The lowest BCUT2D eigenvalue weighted by Crippen LogP contribution is -2.38. The van der Waals surface area contributed by atoms with E-state index in [1.54, 1.807) is 29.8 Å². The van der Waals surface area contributed by atoms with Crippen molar-refractivity contribution in [2.24, 2.45) is 0 Å². The second kappa shape index (κ2) is 9.32. The lowest BCUT2D eigenvalue weighted by atomic mass is 10.1. The zero-order valence-electron chi connectivity index (χ0n) is 16.9. The van der Waals surface area contributed by atoms with Crippen molar-refractivity contribution < 1.29 is 9.59 Å². The first-order valence-electron chi connectivity index (χ1n) is 9.48. The first kappa shape index (κ1) is 21.9. The number of aryl methyl sites for hydroxylation is 1. The third-order valence-electron chi connectivity index (χ3n) is 4.74.